The Morgan fingerprint density at radius 2 is 1.74 bits per heavy atom. The minimum absolute atomic E-state index is 0.482. The van der Waals surface area contributed by atoms with Crippen LogP contribution in [0.25, 0.3) is 0 Å². The van der Waals surface area contributed by atoms with Crippen LogP contribution in [-0.4, -0.2) is 26.8 Å². The SMILES string of the molecule is NCCc1nnn(CC23CC4CC(CC(C4)C2)C3)n1. The highest BCUT2D eigenvalue weighted by molar-refractivity contribution is 5.01. The van der Waals surface area contributed by atoms with Gasteiger partial charge in [0.1, 0.15) is 0 Å². The predicted molar refractivity (Wildman–Crippen MR) is 71.2 cm³/mol. The molecule has 0 aromatic carbocycles. The third kappa shape index (κ3) is 2.08. The third-order valence-electron chi connectivity index (χ3n) is 5.50. The summed E-state index contributed by atoms with van der Waals surface area (Å²) in [5.41, 5.74) is 6.02. The minimum atomic E-state index is 0.482. The van der Waals surface area contributed by atoms with Gasteiger partial charge in [-0.05, 0) is 73.5 Å². The molecule has 104 valence electrons. The summed E-state index contributed by atoms with van der Waals surface area (Å²) in [6.45, 7) is 1.58. The molecule has 4 saturated carbocycles. The highest BCUT2D eigenvalue weighted by Gasteiger charge is 2.51. The number of rotatable bonds is 4. The zero-order valence-corrected chi connectivity index (χ0v) is 11.5. The van der Waals surface area contributed by atoms with Crippen LogP contribution in [0.15, 0.2) is 0 Å². The number of hydrogen-bond donors (Lipinski definition) is 1. The van der Waals surface area contributed by atoms with E-state index < -0.39 is 0 Å². The Kier molecular flexibility index (Phi) is 2.65. The third-order valence-corrected chi connectivity index (χ3v) is 5.50. The van der Waals surface area contributed by atoms with Crippen LogP contribution in [0.3, 0.4) is 0 Å². The van der Waals surface area contributed by atoms with E-state index in [1.165, 1.54) is 38.5 Å². The van der Waals surface area contributed by atoms with Crippen molar-refractivity contribution >= 4 is 0 Å². The fourth-order valence-electron chi connectivity index (χ4n) is 5.36. The van der Waals surface area contributed by atoms with Gasteiger partial charge in [0.2, 0.25) is 0 Å². The first-order valence-corrected chi connectivity index (χ1v) is 7.71. The van der Waals surface area contributed by atoms with Crippen LogP contribution in [0.2, 0.25) is 0 Å². The summed E-state index contributed by atoms with van der Waals surface area (Å²) in [7, 11) is 0. The van der Waals surface area contributed by atoms with Gasteiger partial charge < -0.3 is 5.73 Å². The lowest BCUT2D eigenvalue weighted by Crippen LogP contribution is -2.48. The maximum absolute atomic E-state index is 5.54. The molecule has 5 nitrogen and oxygen atoms in total. The number of hydrogen-bond acceptors (Lipinski definition) is 4. The van der Waals surface area contributed by atoms with Crippen LogP contribution in [0, 0.1) is 23.2 Å². The van der Waals surface area contributed by atoms with Gasteiger partial charge in [0.05, 0.1) is 6.54 Å². The lowest BCUT2D eigenvalue weighted by Gasteiger charge is -2.56. The van der Waals surface area contributed by atoms with Crippen molar-refractivity contribution < 1.29 is 0 Å². The maximum atomic E-state index is 5.54. The van der Waals surface area contributed by atoms with Gasteiger partial charge in [0.25, 0.3) is 0 Å². The summed E-state index contributed by atoms with van der Waals surface area (Å²) in [6, 6.07) is 0. The molecule has 0 unspecified atom stereocenters. The molecule has 0 saturated heterocycles. The Bertz CT molecular complexity index is 431. The Labute approximate surface area is 113 Å². The first kappa shape index (κ1) is 11.8. The Morgan fingerprint density at radius 3 is 2.32 bits per heavy atom. The molecule has 19 heavy (non-hydrogen) atoms. The van der Waals surface area contributed by atoms with Gasteiger partial charge in [-0.1, -0.05) is 0 Å². The molecule has 0 atom stereocenters. The summed E-state index contributed by atoms with van der Waals surface area (Å²) in [6.07, 6.45) is 9.39. The molecule has 0 radical (unpaired) electrons. The van der Waals surface area contributed by atoms with Crippen LogP contribution in [0.1, 0.15) is 44.3 Å². The summed E-state index contributed by atoms with van der Waals surface area (Å²) in [5.74, 6) is 3.75. The molecular weight excluding hydrogens is 238 g/mol. The molecule has 0 amide bonds. The van der Waals surface area contributed by atoms with Gasteiger partial charge in [-0.2, -0.15) is 4.80 Å². The number of nitrogens with zero attached hydrogens (tertiary/aromatic N) is 4. The first-order valence-electron chi connectivity index (χ1n) is 7.71. The van der Waals surface area contributed by atoms with Gasteiger partial charge in [0.15, 0.2) is 5.82 Å². The Balaban J connectivity index is 1.52. The van der Waals surface area contributed by atoms with Crippen molar-refractivity contribution in [2.45, 2.75) is 51.5 Å². The van der Waals surface area contributed by atoms with Crippen LogP contribution in [-0.2, 0) is 13.0 Å². The quantitative estimate of drug-likeness (QED) is 0.889. The fourth-order valence-corrected chi connectivity index (χ4v) is 5.36. The Hall–Kier alpha value is -0.970. The Morgan fingerprint density at radius 1 is 1.11 bits per heavy atom. The fraction of sp³-hybridized carbons (Fsp3) is 0.929. The van der Waals surface area contributed by atoms with E-state index in [0.29, 0.717) is 12.0 Å². The molecule has 5 rings (SSSR count). The summed E-state index contributed by atoms with van der Waals surface area (Å²) < 4.78 is 0. The summed E-state index contributed by atoms with van der Waals surface area (Å²) in [5, 5.41) is 12.8. The molecule has 5 heteroatoms. The van der Waals surface area contributed by atoms with E-state index in [-0.39, 0.29) is 0 Å². The topological polar surface area (TPSA) is 69.6 Å². The van der Waals surface area contributed by atoms with Gasteiger partial charge in [-0.25, -0.2) is 0 Å². The molecule has 0 spiro atoms. The standard InChI is InChI=1S/C14H23N5/c15-2-1-13-16-18-19(17-13)9-14-6-10-3-11(7-14)5-12(4-10)8-14/h10-12H,1-9,15H2. The second-order valence-electron chi connectivity index (χ2n) is 7.19. The molecule has 4 aliphatic carbocycles. The summed E-state index contributed by atoms with van der Waals surface area (Å²) in [4.78, 5) is 1.85. The van der Waals surface area contributed by atoms with E-state index in [4.69, 9.17) is 5.73 Å². The molecule has 2 N–H and O–H groups in total. The van der Waals surface area contributed by atoms with Crippen LogP contribution >= 0.6 is 0 Å². The van der Waals surface area contributed by atoms with Gasteiger partial charge >= 0.3 is 0 Å². The van der Waals surface area contributed by atoms with E-state index in [1.807, 2.05) is 4.80 Å². The first-order chi connectivity index (χ1) is 9.25. The van der Waals surface area contributed by atoms with Crippen molar-refractivity contribution in [1.82, 2.24) is 20.2 Å². The van der Waals surface area contributed by atoms with Crippen LogP contribution in [0.4, 0.5) is 0 Å². The molecule has 4 bridgehead atoms. The van der Waals surface area contributed by atoms with E-state index in [9.17, 15) is 0 Å². The second-order valence-corrected chi connectivity index (χ2v) is 7.19. The zero-order chi connectivity index (χ0) is 12.9. The molecule has 0 aliphatic heterocycles. The molecule has 1 aromatic rings. The lowest BCUT2D eigenvalue weighted by molar-refractivity contribution is -0.0657. The lowest BCUT2D eigenvalue weighted by atomic mass is 9.49. The predicted octanol–water partition coefficient (Wildman–Crippen LogP) is 1.39. The molecule has 4 aliphatic rings. The molecule has 1 heterocycles. The van der Waals surface area contributed by atoms with Gasteiger partial charge in [-0.15, -0.1) is 10.2 Å². The van der Waals surface area contributed by atoms with Crippen molar-refractivity contribution in [2.75, 3.05) is 6.54 Å². The molecule has 1 aromatic heterocycles. The highest BCUT2D eigenvalue weighted by Crippen LogP contribution is 2.60. The maximum Gasteiger partial charge on any atom is 0.176 e. The zero-order valence-electron chi connectivity index (χ0n) is 11.5. The largest absolute Gasteiger partial charge is 0.330 e. The van der Waals surface area contributed by atoms with E-state index in [0.717, 1.165) is 36.5 Å². The van der Waals surface area contributed by atoms with Crippen molar-refractivity contribution in [2.24, 2.45) is 28.9 Å². The number of tetrazole rings is 1. The van der Waals surface area contributed by atoms with Crippen LogP contribution < -0.4 is 5.73 Å². The van der Waals surface area contributed by atoms with Gasteiger partial charge in [0, 0.05) is 6.42 Å². The number of aromatic nitrogens is 4. The van der Waals surface area contributed by atoms with E-state index in [2.05, 4.69) is 15.4 Å². The van der Waals surface area contributed by atoms with Gasteiger partial charge in [-0.3, -0.25) is 0 Å². The average Bonchev–Trinajstić information content (AvgIpc) is 2.74. The molecular formula is C14H23N5. The van der Waals surface area contributed by atoms with E-state index >= 15 is 0 Å². The second kappa shape index (κ2) is 4.27. The average molecular weight is 261 g/mol. The molecule has 4 fully saturated rings. The smallest absolute Gasteiger partial charge is 0.176 e. The summed E-state index contributed by atoms with van der Waals surface area (Å²) >= 11 is 0. The highest BCUT2D eigenvalue weighted by atomic mass is 15.6. The van der Waals surface area contributed by atoms with Crippen LogP contribution in [0.5, 0.6) is 0 Å². The van der Waals surface area contributed by atoms with Crippen molar-refractivity contribution in [3.63, 3.8) is 0 Å². The van der Waals surface area contributed by atoms with Crippen molar-refractivity contribution in [3.8, 4) is 0 Å². The minimum Gasteiger partial charge on any atom is -0.330 e. The van der Waals surface area contributed by atoms with E-state index in [1.54, 1.807) is 0 Å². The number of nitrogens with two attached hydrogens (primary N) is 1. The monoisotopic (exact) mass is 261 g/mol. The van der Waals surface area contributed by atoms with Crippen molar-refractivity contribution in [1.29, 1.82) is 0 Å². The van der Waals surface area contributed by atoms with Crippen molar-refractivity contribution in [3.05, 3.63) is 5.82 Å². The normalized spacial score (nSPS) is 39.9.